The van der Waals surface area contributed by atoms with Crippen LogP contribution in [0.15, 0.2) is 48.5 Å². The maximum atomic E-state index is 12.6. The summed E-state index contributed by atoms with van der Waals surface area (Å²) in [6.45, 7) is 0. The van der Waals surface area contributed by atoms with Crippen LogP contribution in [0, 0.1) is 11.9 Å². The van der Waals surface area contributed by atoms with Gasteiger partial charge in [-0.2, -0.15) is 0 Å². The van der Waals surface area contributed by atoms with Crippen LogP contribution in [0.3, 0.4) is 0 Å². The fourth-order valence-corrected chi connectivity index (χ4v) is 1.08. The van der Waals surface area contributed by atoms with E-state index in [0.29, 0.717) is 11.5 Å². The molecule has 0 aliphatic carbocycles. The van der Waals surface area contributed by atoms with Crippen molar-refractivity contribution in [3.63, 3.8) is 0 Å². The molecule has 2 aromatic carbocycles. The van der Waals surface area contributed by atoms with Gasteiger partial charge in [0.25, 0.3) is 0 Å². The highest BCUT2D eigenvalue weighted by Crippen LogP contribution is 2.20. The van der Waals surface area contributed by atoms with Gasteiger partial charge in [-0.1, -0.05) is 12.1 Å². The van der Waals surface area contributed by atoms with Crippen LogP contribution < -0.4 is 4.74 Å². The number of ether oxygens (including phenoxy) is 1. The predicted molar refractivity (Wildman–Crippen MR) is 60.3 cm³/mol. The molecule has 0 N–H and O–H groups in total. The summed E-state index contributed by atoms with van der Waals surface area (Å²) in [4.78, 5) is 0. The van der Waals surface area contributed by atoms with Crippen LogP contribution in [-0.4, -0.2) is 23.1 Å². The molecule has 1 radical (unpaired) electrons. The highest BCUT2D eigenvalue weighted by molar-refractivity contribution is 5.75. The average molecular weight is 214 g/mol. The molecule has 2 rings (SSSR count). The average Bonchev–Trinajstić information content (AvgIpc) is 2.23. The molecule has 2 aromatic rings. The van der Waals surface area contributed by atoms with E-state index in [1.807, 2.05) is 12.1 Å². The minimum atomic E-state index is -0.267. The number of hydrogen-bond donors (Lipinski definition) is 0. The molecule has 0 atom stereocenters. The molecule has 0 saturated carbocycles. The molecular formula is C12H10FMgO. The molecule has 0 bridgehead atoms. The first-order chi connectivity index (χ1) is 6.84. The van der Waals surface area contributed by atoms with Crippen LogP contribution >= 0.6 is 0 Å². The smallest absolute Gasteiger partial charge is 0.316 e. The largest absolute Gasteiger partial charge is 0.457 e. The van der Waals surface area contributed by atoms with E-state index in [0.717, 1.165) is 0 Å². The van der Waals surface area contributed by atoms with E-state index in [1.165, 1.54) is 12.1 Å². The van der Waals surface area contributed by atoms with Crippen molar-refractivity contribution in [2.75, 3.05) is 0 Å². The molecule has 1 nitrogen and oxygen atoms in total. The summed E-state index contributed by atoms with van der Waals surface area (Å²) in [5.74, 6) is 1.04. The lowest BCUT2D eigenvalue weighted by Gasteiger charge is -2.03. The van der Waals surface area contributed by atoms with Gasteiger partial charge < -0.3 is 4.74 Å². The standard InChI is InChI=1S/C12H8FO.Mg.2H/c13-10-6-8-12(9-7-10)14-11-4-2-1-3-5-11;;;/h1-2,4-9H;;;. The second kappa shape index (κ2) is 5.73. The van der Waals surface area contributed by atoms with Gasteiger partial charge in [-0.15, -0.1) is 0 Å². The Kier molecular flexibility index (Phi) is 4.59. The van der Waals surface area contributed by atoms with Crippen molar-refractivity contribution in [2.45, 2.75) is 0 Å². The van der Waals surface area contributed by atoms with Gasteiger partial charge >= 0.3 is 23.1 Å². The van der Waals surface area contributed by atoms with Gasteiger partial charge in [0.05, 0.1) is 0 Å². The van der Waals surface area contributed by atoms with E-state index in [2.05, 4.69) is 6.07 Å². The maximum Gasteiger partial charge on any atom is 0.316 e. The highest BCUT2D eigenvalue weighted by atomic mass is 24.3. The molecule has 0 aromatic heterocycles. The zero-order valence-electron chi connectivity index (χ0n) is 7.41. The van der Waals surface area contributed by atoms with Gasteiger partial charge in [-0.25, -0.2) is 4.39 Å². The molecule has 0 fully saturated rings. The Balaban J connectivity index is 0.00000112. The molecule has 73 valence electrons. The Morgan fingerprint density at radius 2 is 1.73 bits per heavy atom. The van der Waals surface area contributed by atoms with Crippen LogP contribution in [0.4, 0.5) is 4.39 Å². The summed E-state index contributed by atoms with van der Waals surface area (Å²) >= 11 is 0. The zero-order valence-corrected chi connectivity index (χ0v) is 7.41. The predicted octanol–water partition coefficient (Wildman–Crippen LogP) is 2.50. The number of benzene rings is 2. The molecule has 3 heteroatoms. The van der Waals surface area contributed by atoms with E-state index < -0.39 is 0 Å². The second-order valence-electron chi connectivity index (χ2n) is 2.80. The second-order valence-corrected chi connectivity index (χ2v) is 2.80. The fourth-order valence-electron chi connectivity index (χ4n) is 1.08. The molecule has 0 saturated heterocycles. The number of rotatable bonds is 2. The number of halogens is 1. The lowest BCUT2D eigenvalue weighted by atomic mass is 10.3. The normalized spacial score (nSPS) is 9.13. The van der Waals surface area contributed by atoms with Crippen LogP contribution in [-0.2, 0) is 0 Å². The third-order valence-electron chi connectivity index (χ3n) is 1.73. The summed E-state index contributed by atoms with van der Waals surface area (Å²) < 4.78 is 18.0. The van der Waals surface area contributed by atoms with Gasteiger partial charge in [0, 0.05) is 0 Å². The molecule has 0 spiro atoms. The molecule has 0 aliphatic rings. The van der Waals surface area contributed by atoms with Crippen molar-refractivity contribution >= 4 is 23.1 Å². The molecular weight excluding hydrogens is 203 g/mol. The summed E-state index contributed by atoms with van der Waals surface area (Å²) in [7, 11) is 0. The third-order valence-corrected chi connectivity index (χ3v) is 1.73. The first kappa shape index (κ1) is 12.0. The molecule has 0 heterocycles. The zero-order chi connectivity index (χ0) is 9.80. The minimum absolute atomic E-state index is 0. The van der Waals surface area contributed by atoms with Crippen molar-refractivity contribution in [1.29, 1.82) is 0 Å². The Bertz CT molecular complexity index is 400. The van der Waals surface area contributed by atoms with Crippen LogP contribution in [0.1, 0.15) is 0 Å². The summed E-state index contributed by atoms with van der Waals surface area (Å²) in [6, 6.07) is 16.0. The van der Waals surface area contributed by atoms with Crippen molar-refractivity contribution < 1.29 is 9.13 Å². The van der Waals surface area contributed by atoms with Crippen LogP contribution in [0.5, 0.6) is 11.5 Å². The first-order valence-electron chi connectivity index (χ1n) is 4.24. The van der Waals surface area contributed by atoms with Crippen molar-refractivity contribution in [2.24, 2.45) is 0 Å². The van der Waals surface area contributed by atoms with E-state index in [9.17, 15) is 4.39 Å². The highest BCUT2D eigenvalue weighted by Gasteiger charge is 1.95. The van der Waals surface area contributed by atoms with Crippen LogP contribution in [0.2, 0.25) is 0 Å². The van der Waals surface area contributed by atoms with Gasteiger partial charge in [-0.3, -0.25) is 0 Å². The molecule has 0 aliphatic heterocycles. The van der Waals surface area contributed by atoms with Crippen molar-refractivity contribution in [3.05, 3.63) is 60.4 Å². The van der Waals surface area contributed by atoms with Gasteiger partial charge in [0.2, 0.25) is 0 Å². The fraction of sp³-hybridized carbons (Fsp3) is 0. The summed E-state index contributed by atoms with van der Waals surface area (Å²) in [5, 5.41) is 0. The van der Waals surface area contributed by atoms with E-state index >= 15 is 0 Å². The summed E-state index contributed by atoms with van der Waals surface area (Å²) in [6.07, 6.45) is 0. The minimum Gasteiger partial charge on any atom is -0.457 e. The van der Waals surface area contributed by atoms with Gasteiger partial charge in [-0.05, 0) is 42.5 Å². The topological polar surface area (TPSA) is 9.23 Å². The third kappa shape index (κ3) is 3.53. The molecule has 15 heavy (non-hydrogen) atoms. The Morgan fingerprint density at radius 1 is 1.00 bits per heavy atom. The van der Waals surface area contributed by atoms with E-state index in [-0.39, 0.29) is 28.9 Å². The number of hydrogen-bond acceptors (Lipinski definition) is 1. The Morgan fingerprint density at radius 3 is 2.33 bits per heavy atom. The monoisotopic (exact) mass is 213 g/mol. The first-order valence-corrected chi connectivity index (χ1v) is 4.24. The quantitative estimate of drug-likeness (QED) is 0.697. The summed E-state index contributed by atoms with van der Waals surface area (Å²) in [5.41, 5.74) is 0. The lowest BCUT2D eigenvalue weighted by Crippen LogP contribution is -1.83. The van der Waals surface area contributed by atoms with Crippen molar-refractivity contribution in [3.8, 4) is 11.5 Å². The van der Waals surface area contributed by atoms with Gasteiger partial charge in [0.15, 0.2) is 0 Å². The molecule has 0 unspecified atom stereocenters. The van der Waals surface area contributed by atoms with Crippen LogP contribution in [0.25, 0.3) is 0 Å². The maximum absolute atomic E-state index is 12.6. The SMILES string of the molecule is Fc1ccc(Oc2c[c]ccc2)cc1.[MgH2]. The van der Waals surface area contributed by atoms with Gasteiger partial charge in [0.1, 0.15) is 17.3 Å². The van der Waals surface area contributed by atoms with Crippen molar-refractivity contribution in [1.82, 2.24) is 0 Å². The lowest BCUT2D eigenvalue weighted by molar-refractivity contribution is 0.480. The molecule has 0 amide bonds. The van der Waals surface area contributed by atoms with E-state index in [1.54, 1.807) is 24.3 Å². The van der Waals surface area contributed by atoms with E-state index in [4.69, 9.17) is 4.74 Å². The Hall–Kier alpha value is -1.06. The Labute approximate surface area is 104 Å².